The van der Waals surface area contributed by atoms with Crippen LogP contribution >= 0.6 is 0 Å². The standard InChI is InChI=1S/C8H14N2O3/c1-3-4-5-6(7(11)12)10-8(13)9-2/h3,6H,1,4-5H2,2H3,(H,11,12)(H2,9,10,13)/t6-/m0/s1. The largest absolute Gasteiger partial charge is 0.480 e. The lowest BCUT2D eigenvalue weighted by atomic mass is 10.1. The first-order valence-corrected chi connectivity index (χ1v) is 3.93. The van der Waals surface area contributed by atoms with E-state index in [4.69, 9.17) is 5.11 Å². The molecule has 0 fully saturated rings. The molecule has 0 aliphatic heterocycles. The van der Waals surface area contributed by atoms with Crippen molar-refractivity contribution in [2.45, 2.75) is 18.9 Å². The average Bonchev–Trinajstić information content (AvgIpc) is 2.11. The molecule has 0 bridgehead atoms. The molecule has 0 rings (SSSR count). The summed E-state index contributed by atoms with van der Waals surface area (Å²) < 4.78 is 0. The van der Waals surface area contributed by atoms with Crippen LogP contribution in [0.15, 0.2) is 12.7 Å². The molecule has 0 saturated heterocycles. The van der Waals surface area contributed by atoms with Gasteiger partial charge in [-0.25, -0.2) is 9.59 Å². The van der Waals surface area contributed by atoms with Gasteiger partial charge in [-0.3, -0.25) is 0 Å². The normalized spacial score (nSPS) is 11.5. The minimum absolute atomic E-state index is 0.353. The van der Waals surface area contributed by atoms with E-state index in [1.165, 1.54) is 7.05 Å². The zero-order chi connectivity index (χ0) is 10.3. The van der Waals surface area contributed by atoms with E-state index in [-0.39, 0.29) is 0 Å². The topological polar surface area (TPSA) is 78.4 Å². The van der Waals surface area contributed by atoms with E-state index in [9.17, 15) is 9.59 Å². The molecule has 0 heterocycles. The molecule has 0 unspecified atom stereocenters. The van der Waals surface area contributed by atoms with E-state index in [0.29, 0.717) is 12.8 Å². The molecule has 0 aromatic heterocycles. The van der Waals surface area contributed by atoms with Crippen molar-refractivity contribution in [3.63, 3.8) is 0 Å². The van der Waals surface area contributed by atoms with E-state index in [2.05, 4.69) is 17.2 Å². The smallest absolute Gasteiger partial charge is 0.326 e. The van der Waals surface area contributed by atoms with Crippen molar-refractivity contribution in [1.82, 2.24) is 10.6 Å². The van der Waals surface area contributed by atoms with E-state index in [0.717, 1.165) is 0 Å². The average molecular weight is 186 g/mol. The first-order chi connectivity index (χ1) is 6.11. The molecule has 0 spiro atoms. The third kappa shape index (κ3) is 4.84. The molecular weight excluding hydrogens is 172 g/mol. The predicted octanol–water partition coefficient (Wildman–Crippen LogP) is 0.335. The van der Waals surface area contributed by atoms with Gasteiger partial charge in [0.15, 0.2) is 0 Å². The van der Waals surface area contributed by atoms with Gasteiger partial charge in [-0.15, -0.1) is 6.58 Å². The second-order valence-electron chi connectivity index (χ2n) is 2.48. The number of carboxylic acid groups (broad SMARTS) is 1. The van der Waals surface area contributed by atoms with Gasteiger partial charge in [0.2, 0.25) is 0 Å². The number of aliphatic carboxylic acids is 1. The monoisotopic (exact) mass is 186 g/mol. The highest BCUT2D eigenvalue weighted by atomic mass is 16.4. The van der Waals surface area contributed by atoms with Gasteiger partial charge in [0, 0.05) is 7.05 Å². The fraction of sp³-hybridized carbons (Fsp3) is 0.500. The summed E-state index contributed by atoms with van der Waals surface area (Å²) in [5.41, 5.74) is 0. The zero-order valence-corrected chi connectivity index (χ0v) is 7.54. The highest BCUT2D eigenvalue weighted by molar-refractivity contribution is 5.82. The van der Waals surface area contributed by atoms with Gasteiger partial charge in [-0.1, -0.05) is 6.08 Å². The maximum Gasteiger partial charge on any atom is 0.326 e. The second-order valence-corrected chi connectivity index (χ2v) is 2.48. The number of carbonyl (C=O) groups excluding carboxylic acids is 1. The second kappa shape index (κ2) is 6.05. The number of allylic oxidation sites excluding steroid dienone is 1. The lowest BCUT2D eigenvalue weighted by Crippen LogP contribution is -2.44. The minimum Gasteiger partial charge on any atom is -0.480 e. The summed E-state index contributed by atoms with van der Waals surface area (Å²) in [6.45, 7) is 3.47. The van der Waals surface area contributed by atoms with Gasteiger partial charge in [0.25, 0.3) is 0 Å². The predicted molar refractivity (Wildman–Crippen MR) is 48.4 cm³/mol. The number of urea groups is 1. The highest BCUT2D eigenvalue weighted by Gasteiger charge is 2.17. The van der Waals surface area contributed by atoms with Crippen molar-refractivity contribution < 1.29 is 14.7 Å². The lowest BCUT2D eigenvalue weighted by Gasteiger charge is -2.12. The first kappa shape index (κ1) is 11.5. The fourth-order valence-corrected chi connectivity index (χ4v) is 0.772. The molecule has 0 aliphatic rings. The quantitative estimate of drug-likeness (QED) is 0.541. The molecule has 2 amide bonds. The molecule has 3 N–H and O–H groups in total. The fourth-order valence-electron chi connectivity index (χ4n) is 0.772. The maximum absolute atomic E-state index is 10.8. The Bertz CT molecular complexity index is 204. The molecule has 0 saturated carbocycles. The molecule has 74 valence electrons. The van der Waals surface area contributed by atoms with E-state index >= 15 is 0 Å². The molecule has 0 aliphatic carbocycles. The van der Waals surface area contributed by atoms with Crippen molar-refractivity contribution in [3.8, 4) is 0 Å². The van der Waals surface area contributed by atoms with Gasteiger partial charge in [0.1, 0.15) is 6.04 Å². The highest BCUT2D eigenvalue weighted by Crippen LogP contribution is 1.97. The van der Waals surface area contributed by atoms with Crippen molar-refractivity contribution in [1.29, 1.82) is 0 Å². The third-order valence-corrected chi connectivity index (χ3v) is 1.49. The number of amides is 2. The molecule has 5 nitrogen and oxygen atoms in total. The Morgan fingerprint density at radius 3 is 2.62 bits per heavy atom. The molecule has 1 atom stereocenters. The van der Waals surface area contributed by atoms with Crippen molar-refractivity contribution in [3.05, 3.63) is 12.7 Å². The summed E-state index contributed by atoms with van der Waals surface area (Å²) in [7, 11) is 1.43. The maximum atomic E-state index is 10.8. The molecule has 13 heavy (non-hydrogen) atoms. The van der Waals surface area contributed by atoms with Crippen LogP contribution in [-0.2, 0) is 4.79 Å². The van der Waals surface area contributed by atoms with Crippen LogP contribution in [0.2, 0.25) is 0 Å². The lowest BCUT2D eigenvalue weighted by molar-refractivity contribution is -0.139. The summed E-state index contributed by atoms with van der Waals surface area (Å²) >= 11 is 0. The van der Waals surface area contributed by atoms with Crippen LogP contribution in [-0.4, -0.2) is 30.2 Å². The van der Waals surface area contributed by atoms with Crippen LogP contribution in [0.3, 0.4) is 0 Å². The number of hydrogen-bond acceptors (Lipinski definition) is 2. The van der Waals surface area contributed by atoms with E-state index < -0.39 is 18.0 Å². The van der Waals surface area contributed by atoms with Crippen LogP contribution in [0.25, 0.3) is 0 Å². The number of rotatable bonds is 5. The Labute approximate surface area is 76.8 Å². The van der Waals surface area contributed by atoms with Crippen LogP contribution in [0.1, 0.15) is 12.8 Å². The number of nitrogens with one attached hydrogen (secondary N) is 2. The zero-order valence-electron chi connectivity index (χ0n) is 7.54. The van der Waals surface area contributed by atoms with Gasteiger partial charge in [-0.2, -0.15) is 0 Å². The Morgan fingerprint density at radius 1 is 1.62 bits per heavy atom. The SMILES string of the molecule is C=CCC[C@H](NC(=O)NC)C(=O)O. The van der Waals surface area contributed by atoms with Gasteiger partial charge in [0.05, 0.1) is 0 Å². The molecule has 0 aromatic carbocycles. The summed E-state index contributed by atoms with van der Waals surface area (Å²) in [6, 6.07) is -1.34. The molecule has 0 radical (unpaired) electrons. The number of hydrogen-bond donors (Lipinski definition) is 3. The summed E-state index contributed by atoms with van der Waals surface area (Å²) in [4.78, 5) is 21.4. The van der Waals surface area contributed by atoms with Gasteiger partial charge < -0.3 is 15.7 Å². The Hall–Kier alpha value is -1.52. The van der Waals surface area contributed by atoms with Crippen molar-refractivity contribution >= 4 is 12.0 Å². The summed E-state index contributed by atoms with van der Waals surface area (Å²) in [5, 5.41) is 13.3. The van der Waals surface area contributed by atoms with Crippen LogP contribution < -0.4 is 10.6 Å². The van der Waals surface area contributed by atoms with E-state index in [1.807, 2.05) is 0 Å². The Morgan fingerprint density at radius 2 is 2.23 bits per heavy atom. The third-order valence-electron chi connectivity index (χ3n) is 1.49. The Kier molecular flexibility index (Phi) is 5.34. The van der Waals surface area contributed by atoms with Crippen LogP contribution in [0.4, 0.5) is 4.79 Å². The minimum atomic E-state index is -1.04. The van der Waals surface area contributed by atoms with Crippen molar-refractivity contribution in [2.24, 2.45) is 0 Å². The first-order valence-electron chi connectivity index (χ1n) is 3.93. The molecule has 0 aromatic rings. The molecule has 5 heteroatoms. The summed E-state index contributed by atoms with van der Waals surface area (Å²) in [5.74, 6) is -1.04. The molecular formula is C8H14N2O3. The van der Waals surface area contributed by atoms with Crippen molar-refractivity contribution in [2.75, 3.05) is 7.05 Å². The summed E-state index contributed by atoms with van der Waals surface area (Å²) in [6.07, 6.45) is 2.52. The van der Waals surface area contributed by atoms with Crippen LogP contribution in [0, 0.1) is 0 Å². The van der Waals surface area contributed by atoms with Crippen LogP contribution in [0.5, 0.6) is 0 Å². The number of carbonyl (C=O) groups is 2. The van der Waals surface area contributed by atoms with Gasteiger partial charge in [-0.05, 0) is 12.8 Å². The number of carboxylic acids is 1. The Balaban J connectivity index is 4.01. The van der Waals surface area contributed by atoms with E-state index in [1.54, 1.807) is 6.08 Å². The van der Waals surface area contributed by atoms with Gasteiger partial charge >= 0.3 is 12.0 Å².